The average molecular weight is 434 g/mol. The highest BCUT2D eigenvalue weighted by Crippen LogP contribution is 2.33. The molecule has 0 saturated carbocycles. The van der Waals surface area contributed by atoms with Crippen molar-refractivity contribution in [2.45, 2.75) is 37.7 Å². The number of carbonyl (C=O) groups is 1. The molecular weight excluding hydrogens is 406 g/mol. The number of ether oxygens (including phenoxy) is 2. The molecule has 3 aromatic rings. The number of benzene rings is 2. The Morgan fingerprint density at radius 3 is 2.66 bits per heavy atom. The van der Waals surface area contributed by atoms with Crippen LogP contribution in [0.15, 0.2) is 59.1 Å². The van der Waals surface area contributed by atoms with Crippen LogP contribution in [0.4, 0.5) is 0 Å². The van der Waals surface area contributed by atoms with Crippen LogP contribution in [0.25, 0.3) is 11.5 Å². The van der Waals surface area contributed by atoms with Crippen LogP contribution < -0.4 is 4.74 Å². The highest BCUT2D eigenvalue weighted by atomic mass is 16.5. The summed E-state index contributed by atoms with van der Waals surface area (Å²) in [6.07, 6.45) is 2.97. The Bertz CT molecular complexity index is 1050. The number of para-hydroxylation sites is 1. The molecule has 2 saturated heterocycles. The molecule has 3 heterocycles. The minimum absolute atomic E-state index is 0.0613. The van der Waals surface area contributed by atoms with Crippen LogP contribution in [0.3, 0.4) is 0 Å². The molecule has 32 heavy (non-hydrogen) atoms. The second kappa shape index (κ2) is 9.53. The summed E-state index contributed by atoms with van der Waals surface area (Å²) in [4.78, 5) is 19.2. The molecule has 0 radical (unpaired) electrons. The number of hydrogen-bond acceptors (Lipinski definition) is 6. The summed E-state index contributed by atoms with van der Waals surface area (Å²) in [5.74, 6) is 2.31. The van der Waals surface area contributed by atoms with Gasteiger partial charge >= 0.3 is 0 Å². The van der Waals surface area contributed by atoms with Gasteiger partial charge in [0.1, 0.15) is 11.9 Å². The van der Waals surface area contributed by atoms with Crippen molar-refractivity contribution in [3.05, 3.63) is 66.0 Å². The van der Waals surface area contributed by atoms with Gasteiger partial charge in [0.2, 0.25) is 5.91 Å². The van der Waals surface area contributed by atoms with E-state index < -0.39 is 0 Å². The fourth-order valence-electron chi connectivity index (χ4n) is 4.32. The van der Waals surface area contributed by atoms with Crippen molar-refractivity contribution in [3.8, 4) is 17.2 Å². The summed E-state index contributed by atoms with van der Waals surface area (Å²) in [6.45, 7) is 2.74. The first-order valence-electron chi connectivity index (χ1n) is 11.3. The lowest BCUT2D eigenvalue weighted by atomic mass is 10.00. The molecule has 1 amide bonds. The smallest absolute Gasteiger partial charge is 0.261 e. The van der Waals surface area contributed by atoms with Crippen LogP contribution in [-0.4, -0.2) is 53.4 Å². The fraction of sp³-hybridized carbons (Fsp3) is 0.400. The minimum atomic E-state index is -0.0613. The van der Waals surface area contributed by atoms with E-state index in [9.17, 15) is 4.79 Å². The SMILES string of the molecule is O=C(Cc1ccccc1)N1CCC(Oc2ccccc2-c2nc(C3CCOCC3)no2)C1. The molecule has 5 rings (SSSR count). The Kier molecular flexibility index (Phi) is 6.16. The molecule has 0 N–H and O–H groups in total. The first kappa shape index (κ1) is 20.7. The highest BCUT2D eigenvalue weighted by molar-refractivity contribution is 5.79. The molecule has 0 spiro atoms. The number of carbonyl (C=O) groups excluding carboxylic acids is 1. The summed E-state index contributed by atoms with van der Waals surface area (Å²) in [6, 6.07) is 17.6. The van der Waals surface area contributed by atoms with Crippen molar-refractivity contribution < 1.29 is 18.8 Å². The van der Waals surface area contributed by atoms with Gasteiger partial charge in [-0.25, -0.2) is 0 Å². The standard InChI is InChI=1S/C25H27N3O4/c29-23(16-18-6-2-1-3-7-18)28-13-10-20(17-28)31-22-9-5-4-8-21(22)25-26-24(27-32-25)19-11-14-30-15-12-19/h1-9,19-20H,10-17H2. The second-order valence-corrected chi connectivity index (χ2v) is 8.37. The van der Waals surface area contributed by atoms with E-state index in [0.717, 1.165) is 49.4 Å². The third-order valence-corrected chi connectivity index (χ3v) is 6.14. The van der Waals surface area contributed by atoms with Crippen molar-refractivity contribution in [2.24, 2.45) is 0 Å². The van der Waals surface area contributed by atoms with Crippen LogP contribution in [0.1, 0.15) is 36.6 Å². The molecule has 2 aliphatic rings. The number of hydrogen-bond donors (Lipinski definition) is 0. The molecule has 2 fully saturated rings. The highest BCUT2D eigenvalue weighted by Gasteiger charge is 2.29. The van der Waals surface area contributed by atoms with Gasteiger partial charge in [0.05, 0.1) is 18.5 Å². The molecule has 166 valence electrons. The maximum atomic E-state index is 12.7. The van der Waals surface area contributed by atoms with E-state index in [4.69, 9.17) is 14.0 Å². The Balaban J connectivity index is 1.24. The lowest BCUT2D eigenvalue weighted by molar-refractivity contribution is -0.129. The van der Waals surface area contributed by atoms with E-state index in [1.54, 1.807) is 0 Å². The molecule has 2 aliphatic heterocycles. The molecule has 1 aromatic heterocycles. The van der Waals surface area contributed by atoms with Crippen molar-refractivity contribution in [2.75, 3.05) is 26.3 Å². The second-order valence-electron chi connectivity index (χ2n) is 8.37. The topological polar surface area (TPSA) is 77.7 Å². The molecule has 1 unspecified atom stereocenters. The molecule has 7 heteroatoms. The van der Waals surface area contributed by atoms with E-state index in [1.807, 2.05) is 59.5 Å². The normalized spacial score (nSPS) is 19.2. The van der Waals surface area contributed by atoms with Crippen LogP contribution in [0.2, 0.25) is 0 Å². The minimum Gasteiger partial charge on any atom is -0.488 e. The third-order valence-electron chi connectivity index (χ3n) is 6.14. The third kappa shape index (κ3) is 4.67. The lowest BCUT2D eigenvalue weighted by Crippen LogP contribution is -2.32. The average Bonchev–Trinajstić information content (AvgIpc) is 3.51. The first-order valence-corrected chi connectivity index (χ1v) is 11.3. The number of amides is 1. The molecule has 0 aliphatic carbocycles. The van der Waals surface area contributed by atoms with E-state index >= 15 is 0 Å². The van der Waals surface area contributed by atoms with Gasteiger partial charge in [0, 0.05) is 32.1 Å². The zero-order valence-electron chi connectivity index (χ0n) is 18.0. The summed E-state index contributed by atoms with van der Waals surface area (Å²) in [7, 11) is 0. The molecule has 1 atom stereocenters. The number of nitrogens with zero attached hydrogens (tertiary/aromatic N) is 3. The largest absolute Gasteiger partial charge is 0.488 e. The molecular formula is C25H27N3O4. The van der Waals surface area contributed by atoms with Crippen LogP contribution in [0.5, 0.6) is 5.75 Å². The summed E-state index contributed by atoms with van der Waals surface area (Å²) in [5, 5.41) is 4.21. The lowest BCUT2D eigenvalue weighted by Gasteiger charge is -2.18. The van der Waals surface area contributed by atoms with Gasteiger partial charge in [-0.2, -0.15) is 4.98 Å². The van der Waals surface area contributed by atoms with Crippen molar-refractivity contribution >= 4 is 5.91 Å². The fourth-order valence-corrected chi connectivity index (χ4v) is 4.32. The maximum absolute atomic E-state index is 12.7. The number of rotatable bonds is 6. The predicted molar refractivity (Wildman–Crippen MR) is 118 cm³/mol. The van der Waals surface area contributed by atoms with E-state index in [1.165, 1.54) is 0 Å². The number of aromatic nitrogens is 2. The molecule has 0 bridgehead atoms. The van der Waals surface area contributed by atoms with Gasteiger partial charge in [0.15, 0.2) is 5.82 Å². The Morgan fingerprint density at radius 2 is 1.81 bits per heavy atom. The van der Waals surface area contributed by atoms with Gasteiger partial charge in [0.25, 0.3) is 5.89 Å². The zero-order chi connectivity index (χ0) is 21.8. The van der Waals surface area contributed by atoms with Crippen LogP contribution in [0, 0.1) is 0 Å². The Labute approximate surface area is 187 Å². The van der Waals surface area contributed by atoms with E-state index in [-0.39, 0.29) is 17.9 Å². The molecule has 2 aromatic carbocycles. The summed E-state index contributed by atoms with van der Waals surface area (Å²) < 4.78 is 17.3. The number of likely N-dealkylation sites (tertiary alicyclic amines) is 1. The predicted octanol–water partition coefficient (Wildman–Crippen LogP) is 3.85. The van der Waals surface area contributed by atoms with Crippen molar-refractivity contribution in [1.29, 1.82) is 0 Å². The van der Waals surface area contributed by atoms with Crippen molar-refractivity contribution in [1.82, 2.24) is 15.0 Å². The van der Waals surface area contributed by atoms with Crippen molar-refractivity contribution in [3.63, 3.8) is 0 Å². The molecule has 7 nitrogen and oxygen atoms in total. The van der Waals surface area contributed by atoms with E-state index in [2.05, 4.69) is 10.1 Å². The maximum Gasteiger partial charge on any atom is 0.261 e. The van der Waals surface area contributed by atoms with Crippen LogP contribution >= 0.6 is 0 Å². The first-order chi connectivity index (χ1) is 15.8. The van der Waals surface area contributed by atoms with Gasteiger partial charge in [-0.1, -0.05) is 47.6 Å². The van der Waals surface area contributed by atoms with E-state index in [0.29, 0.717) is 31.2 Å². The quantitative estimate of drug-likeness (QED) is 0.588. The van der Waals surface area contributed by atoms with Gasteiger partial charge in [-0.3, -0.25) is 4.79 Å². The Hall–Kier alpha value is -3.19. The van der Waals surface area contributed by atoms with Crippen LogP contribution in [-0.2, 0) is 16.0 Å². The van der Waals surface area contributed by atoms with Gasteiger partial charge in [-0.05, 0) is 30.5 Å². The monoisotopic (exact) mass is 433 g/mol. The summed E-state index contributed by atoms with van der Waals surface area (Å²) >= 11 is 0. The Morgan fingerprint density at radius 1 is 1.03 bits per heavy atom. The van der Waals surface area contributed by atoms with Gasteiger partial charge < -0.3 is 18.9 Å². The van der Waals surface area contributed by atoms with Gasteiger partial charge in [-0.15, -0.1) is 0 Å². The zero-order valence-corrected chi connectivity index (χ0v) is 18.0. The summed E-state index contributed by atoms with van der Waals surface area (Å²) in [5.41, 5.74) is 1.82.